The van der Waals surface area contributed by atoms with E-state index >= 15 is 0 Å². The van der Waals surface area contributed by atoms with E-state index in [1.807, 2.05) is 6.92 Å². The molecule has 0 radical (unpaired) electrons. The first-order valence-corrected chi connectivity index (χ1v) is 8.54. The highest BCUT2D eigenvalue weighted by Gasteiger charge is 2.30. The summed E-state index contributed by atoms with van der Waals surface area (Å²) in [4.78, 5) is -0.260. The molecule has 1 aromatic rings. The summed E-state index contributed by atoms with van der Waals surface area (Å²) in [5.74, 6) is 0.0111. The molecule has 106 valence electrons. The molecule has 1 fully saturated rings. The molecule has 0 amide bonds. The molecule has 1 aliphatic rings. The molecule has 1 heterocycles. The van der Waals surface area contributed by atoms with E-state index in [9.17, 15) is 12.8 Å². The van der Waals surface area contributed by atoms with Gasteiger partial charge in [0.15, 0.2) is 0 Å². The predicted molar refractivity (Wildman–Crippen MR) is 75.0 cm³/mol. The van der Waals surface area contributed by atoms with Gasteiger partial charge in [0, 0.05) is 30.6 Å². The van der Waals surface area contributed by atoms with Crippen LogP contribution in [0, 0.1) is 5.82 Å². The lowest BCUT2D eigenvalue weighted by Gasteiger charge is -2.29. The van der Waals surface area contributed by atoms with E-state index in [0.29, 0.717) is 18.7 Å². The van der Waals surface area contributed by atoms with Crippen molar-refractivity contribution in [2.24, 2.45) is 5.73 Å². The van der Waals surface area contributed by atoms with E-state index in [4.69, 9.17) is 5.73 Å². The molecule has 0 aromatic heterocycles. The van der Waals surface area contributed by atoms with Gasteiger partial charge in [0.1, 0.15) is 10.7 Å². The van der Waals surface area contributed by atoms with Crippen LogP contribution >= 0.6 is 11.8 Å². The predicted octanol–water partition coefficient (Wildman–Crippen LogP) is 1.41. The minimum absolute atomic E-state index is 0.189. The number of sulfonamides is 1. The standard InChI is InChI=1S/C12H17FN2O2S2/c1-9-8-15(4-5-18-9)19(16,17)12-3-2-10(7-14)6-11(12)13/h2-3,6,9H,4-5,7-8,14H2,1H3. The monoisotopic (exact) mass is 304 g/mol. The Labute approximate surface area is 117 Å². The lowest BCUT2D eigenvalue weighted by Crippen LogP contribution is -2.41. The van der Waals surface area contributed by atoms with Gasteiger partial charge in [0.25, 0.3) is 0 Å². The molecule has 1 saturated heterocycles. The van der Waals surface area contributed by atoms with E-state index < -0.39 is 15.8 Å². The molecular formula is C12H17FN2O2S2. The third-order valence-electron chi connectivity index (χ3n) is 3.05. The van der Waals surface area contributed by atoms with Crippen LogP contribution in [0.25, 0.3) is 0 Å². The number of nitrogens with two attached hydrogens (primary N) is 1. The van der Waals surface area contributed by atoms with E-state index in [1.165, 1.54) is 16.4 Å². The van der Waals surface area contributed by atoms with Gasteiger partial charge in [0.05, 0.1) is 0 Å². The van der Waals surface area contributed by atoms with Crippen LogP contribution in [0.3, 0.4) is 0 Å². The molecule has 0 aliphatic carbocycles. The number of halogens is 1. The maximum atomic E-state index is 13.9. The topological polar surface area (TPSA) is 63.4 Å². The summed E-state index contributed by atoms with van der Waals surface area (Å²) >= 11 is 1.73. The minimum atomic E-state index is -3.75. The average molecular weight is 304 g/mol. The normalized spacial score (nSPS) is 21.5. The number of rotatable bonds is 3. The fourth-order valence-electron chi connectivity index (χ4n) is 2.02. The second-order valence-corrected chi connectivity index (χ2v) is 7.97. The van der Waals surface area contributed by atoms with Gasteiger partial charge >= 0.3 is 0 Å². The Morgan fingerprint density at radius 1 is 1.53 bits per heavy atom. The van der Waals surface area contributed by atoms with E-state index in [0.717, 1.165) is 5.75 Å². The summed E-state index contributed by atoms with van der Waals surface area (Å²) in [5.41, 5.74) is 5.99. The fraction of sp³-hybridized carbons (Fsp3) is 0.500. The molecule has 0 saturated carbocycles. The second kappa shape index (κ2) is 5.78. The third kappa shape index (κ3) is 3.10. The average Bonchev–Trinajstić information content (AvgIpc) is 2.38. The summed E-state index contributed by atoms with van der Waals surface area (Å²) in [7, 11) is -3.75. The molecule has 0 spiro atoms. The summed E-state index contributed by atoms with van der Waals surface area (Å²) in [5, 5.41) is 0.231. The van der Waals surface area contributed by atoms with Crippen LogP contribution in [-0.4, -0.2) is 36.8 Å². The smallest absolute Gasteiger partial charge is 0.246 e. The zero-order valence-corrected chi connectivity index (χ0v) is 12.3. The molecule has 1 unspecified atom stereocenters. The van der Waals surface area contributed by atoms with Crippen LogP contribution in [0.2, 0.25) is 0 Å². The van der Waals surface area contributed by atoms with Crippen LogP contribution in [0.1, 0.15) is 12.5 Å². The molecule has 2 rings (SSSR count). The number of thioether (sulfide) groups is 1. The van der Waals surface area contributed by atoms with E-state index in [-0.39, 0.29) is 16.7 Å². The van der Waals surface area contributed by atoms with Gasteiger partial charge < -0.3 is 5.73 Å². The lowest BCUT2D eigenvalue weighted by atomic mass is 10.2. The van der Waals surface area contributed by atoms with Gasteiger partial charge in [-0.1, -0.05) is 13.0 Å². The minimum Gasteiger partial charge on any atom is -0.326 e. The van der Waals surface area contributed by atoms with E-state index in [1.54, 1.807) is 17.8 Å². The lowest BCUT2D eigenvalue weighted by molar-refractivity contribution is 0.420. The maximum Gasteiger partial charge on any atom is 0.246 e. The highest BCUT2D eigenvalue weighted by atomic mass is 32.2. The zero-order valence-electron chi connectivity index (χ0n) is 10.7. The summed E-state index contributed by atoms with van der Waals surface area (Å²) in [6.45, 7) is 3.01. The third-order valence-corrected chi connectivity index (χ3v) is 6.09. The first kappa shape index (κ1) is 14.8. The van der Waals surface area contributed by atoms with Gasteiger partial charge in [-0.3, -0.25) is 0 Å². The zero-order chi connectivity index (χ0) is 14.0. The van der Waals surface area contributed by atoms with Gasteiger partial charge in [-0.2, -0.15) is 16.1 Å². The highest BCUT2D eigenvalue weighted by molar-refractivity contribution is 8.00. The maximum absolute atomic E-state index is 13.9. The molecular weight excluding hydrogens is 287 g/mol. The summed E-state index contributed by atoms with van der Waals surface area (Å²) in [6, 6.07) is 4.05. The summed E-state index contributed by atoms with van der Waals surface area (Å²) in [6.07, 6.45) is 0. The van der Waals surface area contributed by atoms with Crippen molar-refractivity contribution in [1.82, 2.24) is 4.31 Å². The second-order valence-electron chi connectivity index (χ2n) is 4.51. The Balaban J connectivity index is 2.33. The molecule has 7 heteroatoms. The van der Waals surface area contributed by atoms with E-state index in [2.05, 4.69) is 0 Å². The van der Waals surface area contributed by atoms with Crippen LogP contribution < -0.4 is 5.73 Å². The number of benzene rings is 1. The van der Waals surface area contributed by atoms with Crippen molar-refractivity contribution in [3.8, 4) is 0 Å². The number of nitrogens with zero attached hydrogens (tertiary/aromatic N) is 1. The molecule has 1 aromatic carbocycles. The van der Waals surface area contributed by atoms with Crippen molar-refractivity contribution in [3.05, 3.63) is 29.6 Å². The Morgan fingerprint density at radius 3 is 2.84 bits per heavy atom. The molecule has 1 aliphatic heterocycles. The van der Waals surface area contributed by atoms with Gasteiger partial charge in [0.2, 0.25) is 10.0 Å². The Hall–Kier alpha value is -0.630. The van der Waals surface area contributed by atoms with Crippen molar-refractivity contribution >= 4 is 21.8 Å². The number of hydrogen-bond acceptors (Lipinski definition) is 4. The van der Waals surface area contributed by atoms with Gasteiger partial charge in [-0.15, -0.1) is 0 Å². The van der Waals surface area contributed by atoms with Crippen LogP contribution in [-0.2, 0) is 16.6 Å². The van der Waals surface area contributed by atoms with Crippen molar-refractivity contribution in [1.29, 1.82) is 0 Å². The van der Waals surface area contributed by atoms with Crippen molar-refractivity contribution in [2.75, 3.05) is 18.8 Å². The number of hydrogen-bond donors (Lipinski definition) is 1. The Morgan fingerprint density at radius 2 is 2.26 bits per heavy atom. The first-order chi connectivity index (χ1) is 8.95. The molecule has 2 N–H and O–H groups in total. The van der Waals surface area contributed by atoms with Crippen molar-refractivity contribution in [3.63, 3.8) is 0 Å². The van der Waals surface area contributed by atoms with Gasteiger partial charge in [-0.05, 0) is 17.7 Å². The Kier molecular flexibility index (Phi) is 4.50. The molecule has 0 bridgehead atoms. The largest absolute Gasteiger partial charge is 0.326 e. The van der Waals surface area contributed by atoms with Crippen LogP contribution in [0.5, 0.6) is 0 Å². The highest BCUT2D eigenvalue weighted by Crippen LogP contribution is 2.26. The van der Waals surface area contributed by atoms with Crippen LogP contribution in [0.15, 0.2) is 23.1 Å². The fourth-order valence-corrected chi connectivity index (χ4v) is 4.82. The Bertz CT molecular complexity index is 563. The molecule has 1 atom stereocenters. The quantitative estimate of drug-likeness (QED) is 0.917. The van der Waals surface area contributed by atoms with Crippen LogP contribution in [0.4, 0.5) is 4.39 Å². The SMILES string of the molecule is CC1CN(S(=O)(=O)c2ccc(CN)cc2F)CCS1. The van der Waals surface area contributed by atoms with Gasteiger partial charge in [-0.25, -0.2) is 12.8 Å². The summed E-state index contributed by atoms with van der Waals surface area (Å²) < 4.78 is 40.1. The van der Waals surface area contributed by atoms with Crippen molar-refractivity contribution in [2.45, 2.75) is 23.6 Å². The first-order valence-electron chi connectivity index (χ1n) is 6.05. The molecule has 4 nitrogen and oxygen atoms in total. The molecule has 19 heavy (non-hydrogen) atoms. The van der Waals surface area contributed by atoms with Crippen molar-refractivity contribution < 1.29 is 12.8 Å².